The largest absolute Gasteiger partial charge is 0.508 e. The molecule has 2 amide bonds. The topological polar surface area (TPSA) is 78.4 Å². The SMILES string of the molecule is O=C(NCc1ccc(O)cc1)C1(C(=O)NC2=CCC(F)C=C2)CC1. The molecular formula is C18H19FN2O3. The zero-order valence-corrected chi connectivity index (χ0v) is 13.1. The second-order valence-electron chi connectivity index (χ2n) is 6.16. The Morgan fingerprint density at radius 1 is 1.21 bits per heavy atom. The van der Waals surface area contributed by atoms with Crippen LogP contribution < -0.4 is 10.6 Å². The Morgan fingerprint density at radius 3 is 2.50 bits per heavy atom. The van der Waals surface area contributed by atoms with Crippen LogP contribution >= 0.6 is 0 Å². The number of benzene rings is 1. The average Bonchev–Trinajstić information content (AvgIpc) is 3.38. The number of carbonyl (C=O) groups excluding carboxylic acids is 2. The van der Waals surface area contributed by atoms with E-state index in [1.165, 1.54) is 12.2 Å². The monoisotopic (exact) mass is 330 g/mol. The highest BCUT2D eigenvalue weighted by atomic mass is 19.1. The molecule has 3 N–H and O–H groups in total. The molecule has 2 aliphatic rings. The van der Waals surface area contributed by atoms with Gasteiger partial charge in [-0.3, -0.25) is 9.59 Å². The van der Waals surface area contributed by atoms with E-state index < -0.39 is 11.6 Å². The summed E-state index contributed by atoms with van der Waals surface area (Å²) in [6.45, 7) is 0.292. The maximum Gasteiger partial charge on any atom is 0.240 e. The molecule has 0 heterocycles. The second-order valence-corrected chi connectivity index (χ2v) is 6.16. The summed E-state index contributed by atoms with van der Waals surface area (Å²) >= 11 is 0. The van der Waals surface area contributed by atoms with Gasteiger partial charge in [0.2, 0.25) is 11.8 Å². The van der Waals surface area contributed by atoms with Crippen LogP contribution in [0.5, 0.6) is 5.75 Å². The van der Waals surface area contributed by atoms with Crippen molar-refractivity contribution in [3.63, 3.8) is 0 Å². The number of aromatic hydroxyl groups is 1. The van der Waals surface area contributed by atoms with Crippen LogP contribution in [-0.4, -0.2) is 23.1 Å². The number of alkyl halides is 1. The highest BCUT2D eigenvalue weighted by Gasteiger charge is 2.56. The molecule has 0 spiro atoms. The van der Waals surface area contributed by atoms with E-state index in [0.717, 1.165) is 5.56 Å². The number of rotatable bonds is 5. The fourth-order valence-electron chi connectivity index (χ4n) is 2.59. The van der Waals surface area contributed by atoms with Crippen molar-refractivity contribution >= 4 is 11.8 Å². The van der Waals surface area contributed by atoms with Gasteiger partial charge in [0.15, 0.2) is 0 Å². The molecule has 1 atom stereocenters. The minimum absolute atomic E-state index is 0.160. The highest BCUT2D eigenvalue weighted by Crippen LogP contribution is 2.46. The van der Waals surface area contributed by atoms with Crippen LogP contribution in [0.1, 0.15) is 24.8 Å². The maximum atomic E-state index is 13.0. The van der Waals surface area contributed by atoms with Gasteiger partial charge in [0, 0.05) is 18.7 Å². The van der Waals surface area contributed by atoms with Gasteiger partial charge in [-0.05, 0) is 42.7 Å². The molecule has 126 valence electrons. The summed E-state index contributed by atoms with van der Waals surface area (Å²) in [4.78, 5) is 24.8. The Balaban J connectivity index is 1.56. The van der Waals surface area contributed by atoms with Crippen LogP contribution in [0.3, 0.4) is 0 Å². The molecule has 1 saturated carbocycles. The fourth-order valence-corrected chi connectivity index (χ4v) is 2.59. The number of allylic oxidation sites excluding steroid dienone is 3. The van der Waals surface area contributed by atoms with E-state index in [-0.39, 0.29) is 24.0 Å². The molecule has 1 unspecified atom stereocenters. The van der Waals surface area contributed by atoms with Crippen LogP contribution in [0.15, 0.2) is 48.2 Å². The third-order valence-electron chi connectivity index (χ3n) is 4.31. The van der Waals surface area contributed by atoms with Crippen LogP contribution in [0, 0.1) is 5.41 Å². The number of carbonyl (C=O) groups is 2. The third kappa shape index (κ3) is 3.48. The van der Waals surface area contributed by atoms with Crippen molar-refractivity contribution in [2.75, 3.05) is 0 Å². The number of halogens is 1. The molecule has 0 radical (unpaired) electrons. The van der Waals surface area contributed by atoms with Gasteiger partial charge in [0.25, 0.3) is 0 Å². The minimum atomic E-state index is -1.03. The van der Waals surface area contributed by atoms with Crippen molar-refractivity contribution in [3.8, 4) is 5.75 Å². The number of phenolic OH excluding ortho intramolecular Hbond substituents is 1. The average molecular weight is 330 g/mol. The number of hydrogen-bond donors (Lipinski definition) is 3. The third-order valence-corrected chi connectivity index (χ3v) is 4.31. The van der Waals surface area contributed by atoms with E-state index >= 15 is 0 Å². The summed E-state index contributed by atoms with van der Waals surface area (Å²) in [6, 6.07) is 6.50. The van der Waals surface area contributed by atoms with Crippen molar-refractivity contribution in [3.05, 3.63) is 53.8 Å². The lowest BCUT2D eigenvalue weighted by Gasteiger charge is -2.17. The van der Waals surface area contributed by atoms with E-state index in [1.54, 1.807) is 30.3 Å². The lowest BCUT2D eigenvalue weighted by molar-refractivity contribution is -0.136. The van der Waals surface area contributed by atoms with Crippen molar-refractivity contribution in [1.29, 1.82) is 0 Å². The Kier molecular flexibility index (Phi) is 4.38. The Morgan fingerprint density at radius 2 is 1.92 bits per heavy atom. The summed E-state index contributed by atoms with van der Waals surface area (Å²) in [6.07, 6.45) is 4.75. The number of nitrogens with one attached hydrogen (secondary N) is 2. The Bertz CT molecular complexity index is 705. The Hall–Kier alpha value is -2.63. The van der Waals surface area contributed by atoms with E-state index in [4.69, 9.17) is 0 Å². The van der Waals surface area contributed by atoms with E-state index in [0.29, 0.717) is 25.1 Å². The van der Waals surface area contributed by atoms with Crippen molar-refractivity contribution < 1.29 is 19.1 Å². The summed E-state index contributed by atoms with van der Waals surface area (Å²) in [5.74, 6) is -0.497. The van der Waals surface area contributed by atoms with Gasteiger partial charge >= 0.3 is 0 Å². The number of hydrogen-bond acceptors (Lipinski definition) is 3. The van der Waals surface area contributed by atoms with Gasteiger partial charge in [0.1, 0.15) is 17.3 Å². The molecule has 1 aromatic rings. The van der Waals surface area contributed by atoms with Gasteiger partial charge in [-0.25, -0.2) is 4.39 Å². The van der Waals surface area contributed by atoms with Gasteiger partial charge in [-0.15, -0.1) is 0 Å². The van der Waals surface area contributed by atoms with Crippen LogP contribution in [0.25, 0.3) is 0 Å². The fraction of sp³-hybridized carbons (Fsp3) is 0.333. The zero-order chi connectivity index (χ0) is 17.2. The maximum absolute atomic E-state index is 13.0. The molecule has 0 saturated heterocycles. The molecule has 0 bridgehead atoms. The number of phenols is 1. The van der Waals surface area contributed by atoms with E-state index in [9.17, 15) is 19.1 Å². The molecule has 0 aromatic heterocycles. The first-order valence-electron chi connectivity index (χ1n) is 7.90. The van der Waals surface area contributed by atoms with Crippen molar-refractivity contribution in [2.24, 2.45) is 5.41 Å². The molecular weight excluding hydrogens is 311 g/mol. The minimum Gasteiger partial charge on any atom is -0.508 e. The summed E-state index contributed by atoms with van der Waals surface area (Å²) in [5.41, 5.74) is 0.341. The molecule has 2 aliphatic carbocycles. The van der Waals surface area contributed by atoms with Gasteiger partial charge < -0.3 is 15.7 Å². The molecule has 6 heteroatoms. The smallest absolute Gasteiger partial charge is 0.240 e. The van der Waals surface area contributed by atoms with Gasteiger partial charge in [-0.1, -0.05) is 18.2 Å². The quantitative estimate of drug-likeness (QED) is 0.723. The first-order chi connectivity index (χ1) is 11.5. The Labute approximate surface area is 139 Å². The lowest BCUT2D eigenvalue weighted by Crippen LogP contribution is -2.42. The predicted octanol–water partition coefficient (Wildman–Crippen LogP) is 2.09. The van der Waals surface area contributed by atoms with E-state index in [1.807, 2.05) is 0 Å². The molecule has 1 fully saturated rings. The predicted molar refractivity (Wildman–Crippen MR) is 86.5 cm³/mol. The van der Waals surface area contributed by atoms with E-state index in [2.05, 4.69) is 10.6 Å². The van der Waals surface area contributed by atoms with Crippen molar-refractivity contribution in [1.82, 2.24) is 10.6 Å². The van der Waals surface area contributed by atoms with Crippen LogP contribution in [0.2, 0.25) is 0 Å². The molecule has 3 rings (SSSR count). The first kappa shape index (κ1) is 16.2. The molecule has 1 aromatic carbocycles. The summed E-state index contributed by atoms with van der Waals surface area (Å²) in [7, 11) is 0. The van der Waals surface area contributed by atoms with Gasteiger partial charge in [0.05, 0.1) is 0 Å². The zero-order valence-electron chi connectivity index (χ0n) is 13.1. The lowest BCUT2D eigenvalue weighted by atomic mass is 10.0. The highest BCUT2D eigenvalue weighted by molar-refractivity contribution is 6.08. The molecule has 5 nitrogen and oxygen atoms in total. The standard InChI is InChI=1S/C18H19FN2O3/c19-13-3-5-14(6-4-13)21-17(24)18(9-10-18)16(23)20-11-12-1-7-15(22)8-2-12/h1-3,5-8,13,22H,4,9-11H2,(H,20,23)(H,21,24). The first-order valence-corrected chi connectivity index (χ1v) is 7.90. The van der Waals surface area contributed by atoms with Crippen molar-refractivity contribution in [2.45, 2.75) is 32.0 Å². The van der Waals surface area contributed by atoms with Gasteiger partial charge in [-0.2, -0.15) is 0 Å². The number of amides is 2. The normalized spacial score (nSPS) is 20.9. The van der Waals surface area contributed by atoms with Crippen LogP contribution in [-0.2, 0) is 16.1 Å². The second kappa shape index (κ2) is 6.47. The van der Waals surface area contributed by atoms with Crippen LogP contribution in [0.4, 0.5) is 4.39 Å². The summed E-state index contributed by atoms with van der Waals surface area (Å²) < 4.78 is 13.0. The summed E-state index contributed by atoms with van der Waals surface area (Å²) in [5, 5.41) is 14.7. The molecule has 24 heavy (non-hydrogen) atoms. The molecule has 0 aliphatic heterocycles.